The van der Waals surface area contributed by atoms with E-state index in [4.69, 9.17) is 0 Å². The van der Waals surface area contributed by atoms with E-state index in [-0.39, 0.29) is 11.4 Å². The Bertz CT molecular complexity index is 1020. The fraction of sp³-hybridized carbons (Fsp3) is 0.190. The highest BCUT2D eigenvalue weighted by atomic mass is 32.2. The molecule has 0 bridgehead atoms. The van der Waals surface area contributed by atoms with Gasteiger partial charge in [0.05, 0.1) is 22.7 Å². The number of carbonyl (C=O) groups excluding carboxylic acids is 1. The lowest BCUT2D eigenvalue weighted by atomic mass is 10.0. The van der Waals surface area contributed by atoms with Crippen LogP contribution in [0.25, 0.3) is 11.3 Å². The number of benzene rings is 2. The van der Waals surface area contributed by atoms with Gasteiger partial charge in [-0.2, -0.15) is 13.2 Å². The number of aromatic nitrogens is 2. The Morgan fingerprint density at radius 3 is 2.45 bits per heavy atom. The van der Waals surface area contributed by atoms with Crippen LogP contribution in [0.2, 0.25) is 0 Å². The van der Waals surface area contributed by atoms with Gasteiger partial charge in [-0.15, -0.1) is 10.2 Å². The molecule has 0 atom stereocenters. The number of para-hydroxylation sites is 1. The number of amides is 1. The molecule has 8 heteroatoms. The molecule has 0 aliphatic heterocycles. The van der Waals surface area contributed by atoms with Crippen molar-refractivity contribution in [1.82, 2.24) is 10.2 Å². The van der Waals surface area contributed by atoms with E-state index in [2.05, 4.69) is 21.6 Å². The first-order valence-corrected chi connectivity index (χ1v) is 9.73. The maximum Gasteiger partial charge on any atom is 0.418 e. The lowest BCUT2D eigenvalue weighted by Crippen LogP contribution is -2.18. The molecule has 3 rings (SSSR count). The molecule has 0 fully saturated rings. The van der Waals surface area contributed by atoms with Gasteiger partial charge in [-0.25, -0.2) is 0 Å². The Morgan fingerprint density at radius 2 is 1.79 bits per heavy atom. The van der Waals surface area contributed by atoms with Crippen molar-refractivity contribution in [2.45, 2.75) is 25.0 Å². The maximum atomic E-state index is 13.0. The van der Waals surface area contributed by atoms with Crippen molar-refractivity contribution in [2.75, 3.05) is 11.1 Å². The zero-order valence-electron chi connectivity index (χ0n) is 15.7. The number of thioether (sulfide) groups is 1. The molecule has 1 amide bonds. The van der Waals surface area contributed by atoms with Crippen molar-refractivity contribution in [1.29, 1.82) is 0 Å². The monoisotopic (exact) mass is 417 g/mol. The Hall–Kier alpha value is -2.87. The summed E-state index contributed by atoms with van der Waals surface area (Å²) in [6.07, 6.45) is -4.54. The van der Waals surface area contributed by atoms with E-state index in [0.29, 0.717) is 5.03 Å². The summed E-state index contributed by atoms with van der Waals surface area (Å²) in [5, 5.41) is 11.1. The third-order valence-corrected chi connectivity index (χ3v) is 5.08. The third-order valence-electron chi connectivity index (χ3n) is 4.16. The van der Waals surface area contributed by atoms with E-state index in [1.54, 1.807) is 6.07 Å². The summed E-state index contributed by atoms with van der Waals surface area (Å²) >= 11 is 1.10. The largest absolute Gasteiger partial charge is 0.418 e. The molecule has 3 aromatic rings. The highest BCUT2D eigenvalue weighted by Gasteiger charge is 2.33. The Morgan fingerprint density at radius 1 is 1.03 bits per heavy atom. The predicted molar refractivity (Wildman–Crippen MR) is 108 cm³/mol. The van der Waals surface area contributed by atoms with Gasteiger partial charge >= 0.3 is 6.18 Å². The van der Waals surface area contributed by atoms with E-state index < -0.39 is 17.6 Å². The summed E-state index contributed by atoms with van der Waals surface area (Å²) in [6, 6.07) is 14.5. The quantitative estimate of drug-likeness (QED) is 0.556. The zero-order chi connectivity index (χ0) is 21.0. The van der Waals surface area contributed by atoms with Crippen molar-refractivity contribution in [3.8, 4) is 11.3 Å². The van der Waals surface area contributed by atoms with Crippen LogP contribution in [0.5, 0.6) is 0 Å². The highest BCUT2D eigenvalue weighted by molar-refractivity contribution is 7.99. The second-order valence-corrected chi connectivity index (χ2v) is 7.45. The molecule has 0 aliphatic rings. The first-order valence-electron chi connectivity index (χ1n) is 8.74. The molecule has 0 saturated heterocycles. The summed E-state index contributed by atoms with van der Waals surface area (Å²) in [7, 11) is 0. The molecule has 2 aromatic carbocycles. The number of halogens is 3. The van der Waals surface area contributed by atoms with Crippen LogP contribution < -0.4 is 5.32 Å². The van der Waals surface area contributed by atoms with Gasteiger partial charge in [-0.05, 0) is 43.7 Å². The van der Waals surface area contributed by atoms with Crippen LogP contribution in [0.1, 0.15) is 16.7 Å². The molecule has 0 radical (unpaired) electrons. The first-order chi connectivity index (χ1) is 13.7. The number of hydrogen-bond donors (Lipinski definition) is 1. The molecular weight excluding hydrogens is 399 g/mol. The molecule has 0 unspecified atom stereocenters. The van der Waals surface area contributed by atoms with E-state index >= 15 is 0 Å². The van der Waals surface area contributed by atoms with E-state index in [1.807, 2.05) is 32.0 Å². The first kappa shape index (κ1) is 20.9. The molecule has 1 aromatic heterocycles. The van der Waals surface area contributed by atoms with Crippen molar-refractivity contribution in [3.05, 3.63) is 71.3 Å². The number of nitrogens with zero attached hydrogens (tertiary/aromatic N) is 2. The SMILES string of the molecule is Cc1ccc(-c2ccc(SCC(=O)Nc3ccccc3C(F)(F)F)nn2)c(C)c1. The lowest BCUT2D eigenvalue weighted by Gasteiger charge is -2.13. The fourth-order valence-corrected chi connectivity index (χ4v) is 3.42. The Balaban J connectivity index is 1.63. The van der Waals surface area contributed by atoms with Crippen LogP contribution in [0, 0.1) is 13.8 Å². The number of aryl methyl sites for hydroxylation is 2. The van der Waals surface area contributed by atoms with Crippen molar-refractivity contribution in [2.24, 2.45) is 0 Å². The zero-order valence-corrected chi connectivity index (χ0v) is 16.6. The minimum absolute atomic E-state index is 0.0796. The number of carbonyl (C=O) groups is 1. The molecular formula is C21H18F3N3OS. The highest BCUT2D eigenvalue weighted by Crippen LogP contribution is 2.34. The molecule has 29 heavy (non-hydrogen) atoms. The van der Waals surface area contributed by atoms with Gasteiger partial charge in [-0.1, -0.05) is 47.7 Å². The number of alkyl halides is 3. The predicted octanol–water partition coefficient (Wildman–Crippen LogP) is 5.51. The third kappa shape index (κ3) is 5.35. The van der Waals surface area contributed by atoms with Crippen LogP contribution in [-0.4, -0.2) is 21.9 Å². The summed E-state index contributed by atoms with van der Waals surface area (Å²) in [6.45, 7) is 4.01. The van der Waals surface area contributed by atoms with Crippen LogP contribution in [0.4, 0.5) is 18.9 Å². The average Bonchev–Trinajstić information content (AvgIpc) is 2.66. The summed E-state index contributed by atoms with van der Waals surface area (Å²) in [4.78, 5) is 12.1. The van der Waals surface area contributed by atoms with E-state index in [0.717, 1.165) is 40.2 Å². The Labute approximate surface area is 170 Å². The minimum Gasteiger partial charge on any atom is -0.325 e. The summed E-state index contributed by atoms with van der Waals surface area (Å²) in [5.41, 5.74) is 2.79. The molecule has 4 nitrogen and oxygen atoms in total. The van der Waals surface area contributed by atoms with Crippen molar-refractivity contribution >= 4 is 23.4 Å². The number of hydrogen-bond acceptors (Lipinski definition) is 4. The molecule has 0 spiro atoms. The smallest absolute Gasteiger partial charge is 0.325 e. The molecule has 1 N–H and O–H groups in total. The number of nitrogens with one attached hydrogen (secondary N) is 1. The van der Waals surface area contributed by atoms with Crippen LogP contribution in [-0.2, 0) is 11.0 Å². The van der Waals surface area contributed by atoms with Crippen molar-refractivity contribution < 1.29 is 18.0 Å². The van der Waals surface area contributed by atoms with Crippen molar-refractivity contribution in [3.63, 3.8) is 0 Å². The van der Waals surface area contributed by atoms with Gasteiger partial charge in [0.1, 0.15) is 5.03 Å². The number of rotatable bonds is 5. The van der Waals surface area contributed by atoms with Crippen LogP contribution >= 0.6 is 11.8 Å². The van der Waals surface area contributed by atoms with Gasteiger partial charge in [0.15, 0.2) is 0 Å². The van der Waals surface area contributed by atoms with E-state index in [1.165, 1.54) is 18.2 Å². The van der Waals surface area contributed by atoms with Crippen LogP contribution in [0.3, 0.4) is 0 Å². The van der Waals surface area contributed by atoms with Gasteiger partial charge in [-0.3, -0.25) is 4.79 Å². The van der Waals surface area contributed by atoms with Gasteiger partial charge in [0.2, 0.25) is 5.91 Å². The van der Waals surface area contributed by atoms with Gasteiger partial charge in [0, 0.05) is 5.56 Å². The van der Waals surface area contributed by atoms with Gasteiger partial charge < -0.3 is 5.32 Å². The molecule has 1 heterocycles. The Kier molecular flexibility index (Phi) is 6.22. The fourth-order valence-electron chi connectivity index (χ4n) is 2.81. The number of anilines is 1. The van der Waals surface area contributed by atoms with Gasteiger partial charge in [0.25, 0.3) is 0 Å². The standard InChI is InChI=1S/C21H18F3N3OS/c1-13-7-8-15(14(2)11-13)17-9-10-20(27-26-17)29-12-19(28)25-18-6-4-3-5-16(18)21(22,23)24/h3-11H,12H2,1-2H3,(H,25,28). The summed E-state index contributed by atoms with van der Waals surface area (Å²) in [5.74, 6) is -0.629. The normalized spacial score (nSPS) is 11.3. The second kappa shape index (κ2) is 8.65. The molecule has 0 aliphatic carbocycles. The molecule has 0 saturated carbocycles. The minimum atomic E-state index is -4.54. The van der Waals surface area contributed by atoms with Crippen LogP contribution in [0.15, 0.2) is 59.6 Å². The average molecular weight is 417 g/mol. The maximum absolute atomic E-state index is 13.0. The second-order valence-electron chi connectivity index (χ2n) is 6.46. The topological polar surface area (TPSA) is 54.9 Å². The van der Waals surface area contributed by atoms with E-state index in [9.17, 15) is 18.0 Å². The molecule has 150 valence electrons. The lowest BCUT2D eigenvalue weighted by molar-refractivity contribution is -0.137. The summed E-state index contributed by atoms with van der Waals surface area (Å²) < 4.78 is 39.0.